The molecule has 2 aliphatic rings. The third kappa shape index (κ3) is 2.90. The zero-order valence-electron chi connectivity index (χ0n) is 12.1. The molecule has 0 spiro atoms. The fourth-order valence-electron chi connectivity index (χ4n) is 3.92. The molecule has 0 amide bonds. The number of piperidine rings is 2. The summed E-state index contributed by atoms with van der Waals surface area (Å²) in [6.45, 7) is 4.29. The molecule has 2 N–H and O–H groups in total. The Hall–Kier alpha value is -0.130. The number of fused-ring (bicyclic) bond motifs is 1. The lowest BCUT2D eigenvalue weighted by molar-refractivity contribution is 0.0217. The summed E-state index contributed by atoms with van der Waals surface area (Å²) >= 11 is 7.76. The van der Waals surface area contributed by atoms with E-state index in [1.807, 2.05) is 6.07 Å². The summed E-state index contributed by atoms with van der Waals surface area (Å²) in [4.78, 5) is 6.47. The minimum Gasteiger partial charge on any atom is -0.329 e. The average molecular weight is 314 g/mol. The molecule has 1 aromatic heterocycles. The molecule has 2 saturated heterocycles. The van der Waals surface area contributed by atoms with E-state index in [4.69, 9.17) is 17.3 Å². The summed E-state index contributed by atoms with van der Waals surface area (Å²) in [6, 6.07) is 5.26. The van der Waals surface area contributed by atoms with Gasteiger partial charge in [0.1, 0.15) is 0 Å². The second kappa shape index (κ2) is 6.32. The first-order valence-electron chi connectivity index (χ1n) is 7.58. The summed E-state index contributed by atoms with van der Waals surface area (Å²) in [5.41, 5.74) is 6.05. The highest BCUT2D eigenvalue weighted by molar-refractivity contribution is 7.16. The quantitative estimate of drug-likeness (QED) is 0.931. The van der Waals surface area contributed by atoms with E-state index in [-0.39, 0.29) is 0 Å². The van der Waals surface area contributed by atoms with E-state index >= 15 is 0 Å². The van der Waals surface area contributed by atoms with Crippen LogP contribution in [-0.4, -0.2) is 49.1 Å². The number of hydrogen-bond acceptors (Lipinski definition) is 4. The van der Waals surface area contributed by atoms with Crippen LogP contribution in [0.15, 0.2) is 12.1 Å². The van der Waals surface area contributed by atoms with Crippen LogP contribution in [0, 0.1) is 5.92 Å². The Morgan fingerprint density at radius 2 is 2.25 bits per heavy atom. The second-order valence-electron chi connectivity index (χ2n) is 6.13. The van der Waals surface area contributed by atoms with Gasteiger partial charge in [-0.05, 0) is 50.9 Å². The van der Waals surface area contributed by atoms with Crippen LogP contribution >= 0.6 is 22.9 Å². The Morgan fingerprint density at radius 1 is 1.40 bits per heavy atom. The molecule has 0 saturated carbocycles. The predicted octanol–water partition coefficient (Wildman–Crippen LogP) is 2.82. The Balaban J connectivity index is 1.71. The number of nitrogens with two attached hydrogens (primary N) is 1. The Bertz CT molecular complexity index is 450. The largest absolute Gasteiger partial charge is 0.329 e. The molecule has 3 nitrogen and oxygen atoms in total. The van der Waals surface area contributed by atoms with Crippen LogP contribution in [-0.2, 0) is 0 Å². The summed E-state index contributed by atoms with van der Waals surface area (Å²) < 4.78 is 0.866. The fraction of sp³-hybridized carbons (Fsp3) is 0.733. The van der Waals surface area contributed by atoms with Crippen LogP contribution < -0.4 is 5.73 Å². The molecule has 3 atom stereocenters. The lowest BCUT2D eigenvalue weighted by Gasteiger charge is -2.47. The van der Waals surface area contributed by atoms with Gasteiger partial charge in [-0.2, -0.15) is 0 Å². The molecular formula is C15H24ClN3S. The molecule has 2 aliphatic heterocycles. The molecule has 112 valence electrons. The van der Waals surface area contributed by atoms with Crippen molar-refractivity contribution in [2.75, 3.05) is 33.2 Å². The number of nitrogens with zero attached hydrogens (tertiary/aromatic N) is 2. The molecule has 5 heteroatoms. The molecule has 3 heterocycles. The second-order valence-corrected chi connectivity index (χ2v) is 7.87. The number of likely N-dealkylation sites (tertiary alicyclic amines) is 2. The number of thiophene rings is 1. The summed E-state index contributed by atoms with van der Waals surface area (Å²) in [5, 5.41) is 0. The summed E-state index contributed by atoms with van der Waals surface area (Å²) in [7, 11) is 2.28. The van der Waals surface area contributed by atoms with Crippen molar-refractivity contribution in [2.24, 2.45) is 11.7 Å². The van der Waals surface area contributed by atoms with Gasteiger partial charge in [0, 0.05) is 30.6 Å². The van der Waals surface area contributed by atoms with Crippen molar-refractivity contribution in [3.05, 3.63) is 21.3 Å². The molecule has 2 fully saturated rings. The minimum atomic E-state index is 0.348. The van der Waals surface area contributed by atoms with Gasteiger partial charge in [-0.15, -0.1) is 11.3 Å². The van der Waals surface area contributed by atoms with Crippen molar-refractivity contribution in [3.63, 3.8) is 0 Å². The number of rotatable bonds is 3. The first kappa shape index (κ1) is 14.8. The molecule has 0 radical (unpaired) electrons. The molecule has 1 aromatic rings. The van der Waals surface area contributed by atoms with Crippen LogP contribution in [0.2, 0.25) is 4.34 Å². The van der Waals surface area contributed by atoms with E-state index in [2.05, 4.69) is 22.9 Å². The highest BCUT2D eigenvalue weighted by Gasteiger charge is 2.36. The van der Waals surface area contributed by atoms with Gasteiger partial charge in [0.2, 0.25) is 0 Å². The van der Waals surface area contributed by atoms with Gasteiger partial charge >= 0.3 is 0 Å². The lowest BCUT2D eigenvalue weighted by Crippen LogP contribution is -2.53. The first-order chi connectivity index (χ1) is 9.69. The van der Waals surface area contributed by atoms with E-state index < -0.39 is 0 Å². The van der Waals surface area contributed by atoms with Crippen molar-refractivity contribution in [1.82, 2.24) is 9.80 Å². The maximum Gasteiger partial charge on any atom is 0.0931 e. The third-order valence-corrected chi connectivity index (χ3v) is 6.30. The monoisotopic (exact) mass is 313 g/mol. The van der Waals surface area contributed by atoms with Gasteiger partial charge in [-0.3, -0.25) is 4.90 Å². The van der Waals surface area contributed by atoms with Crippen LogP contribution in [0.1, 0.15) is 30.2 Å². The van der Waals surface area contributed by atoms with Gasteiger partial charge in [-0.25, -0.2) is 0 Å². The Labute approximate surface area is 130 Å². The van der Waals surface area contributed by atoms with Crippen LogP contribution in [0.25, 0.3) is 0 Å². The zero-order chi connectivity index (χ0) is 14.1. The maximum atomic E-state index is 6.08. The lowest BCUT2D eigenvalue weighted by atomic mass is 9.83. The van der Waals surface area contributed by atoms with Crippen molar-refractivity contribution in [3.8, 4) is 0 Å². The van der Waals surface area contributed by atoms with Gasteiger partial charge in [-0.1, -0.05) is 11.6 Å². The Kier molecular flexibility index (Phi) is 4.68. The first-order valence-corrected chi connectivity index (χ1v) is 8.78. The number of hydrogen-bond donors (Lipinski definition) is 1. The number of halogens is 1. The highest BCUT2D eigenvalue weighted by atomic mass is 35.5. The molecule has 0 aromatic carbocycles. The van der Waals surface area contributed by atoms with Gasteiger partial charge in [0.15, 0.2) is 0 Å². The van der Waals surface area contributed by atoms with E-state index in [0.717, 1.165) is 22.8 Å². The SMILES string of the molecule is CN1CCCC2CN(C(CN)c3ccc(Cl)s3)CCC21. The smallest absolute Gasteiger partial charge is 0.0931 e. The molecule has 3 unspecified atom stereocenters. The van der Waals surface area contributed by atoms with Crippen molar-refractivity contribution in [1.29, 1.82) is 0 Å². The molecule has 3 rings (SSSR count). The van der Waals surface area contributed by atoms with E-state index in [9.17, 15) is 0 Å². The topological polar surface area (TPSA) is 32.5 Å². The average Bonchev–Trinajstić information content (AvgIpc) is 2.86. The van der Waals surface area contributed by atoms with Crippen LogP contribution in [0.3, 0.4) is 0 Å². The molecular weight excluding hydrogens is 290 g/mol. The third-order valence-electron chi connectivity index (χ3n) is 4.96. The van der Waals surface area contributed by atoms with Gasteiger partial charge in [0.05, 0.1) is 10.4 Å². The summed E-state index contributed by atoms with van der Waals surface area (Å²) in [6.07, 6.45) is 3.98. The summed E-state index contributed by atoms with van der Waals surface area (Å²) in [5.74, 6) is 0.812. The minimum absolute atomic E-state index is 0.348. The maximum absolute atomic E-state index is 6.08. The van der Waals surface area contributed by atoms with Gasteiger partial charge in [0.25, 0.3) is 0 Å². The highest BCUT2D eigenvalue weighted by Crippen LogP contribution is 2.36. The van der Waals surface area contributed by atoms with Crippen molar-refractivity contribution < 1.29 is 0 Å². The normalized spacial score (nSPS) is 30.1. The molecule has 20 heavy (non-hydrogen) atoms. The van der Waals surface area contributed by atoms with E-state index in [1.165, 1.54) is 37.2 Å². The van der Waals surface area contributed by atoms with Crippen molar-refractivity contribution >= 4 is 22.9 Å². The van der Waals surface area contributed by atoms with Crippen LogP contribution in [0.4, 0.5) is 0 Å². The fourth-order valence-corrected chi connectivity index (χ4v) is 5.13. The van der Waals surface area contributed by atoms with Gasteiger partial charge < -0.3 is 10.6 Å². The zero-order valence-corrected chi connectivity index (χ0v) is 13.7. The van der Waals surface area contributed by atoms with E-state index in [0.29, 0.717) is 12.6 Å². The van der Waals surface area contributed by atoms with E-state index in [1.54, 1.807) is 11.3 Å². The Morgan fingerprint density at radius 3 is 2.95 bits per heavy atom. The van der Waals surface area contributed by atoms with Crippen LogP contribution in [0.5, 0.6) is 0 Å². The molecule has 0 bridgehead atoms. The molecule has 0 aliphatic carbocycles. The predicted molar refractivity (Wildman–Crippen MR) is 86.5 cm³/mol. The van der Waals surface area contributed by atoms with Crippen molar-refractivity contribution in [2.45, 2.75) is 31.3 Å². The standard InChI is InChI=1S/C15H24ClN3S/c1-18-7-2-3-11-10-19(8-6-12(11)18)13(9-17)14-4-5-15(16)20-14/h4-5,11-13H,2-3,6-10,17H2,1H3.